The lowest BCUT2D eigenvalue weighted by molar-refractivity contribution is -0.384. The molecule has 1 aromatic carbocycles. The van der Waals surface area contributed by atoms with E-state index in [9.17, 15) is 10.1 Å². The van der Waals surface area contributed by atoms with Crippen LogP contribution >= 0.6 is 11.8 Å². The summed E-state index contributed by atoms with van der Waals surface area (Å²) in [6, 6.07) is 6.44. The van der Waals surface area contributed by atoms with Gasteiger partial charge in [0.05, 0.1) is 10.6 Å². The van der Waals surface area contributed by atoms with Crippen molar-refractivity contribution in [3.63, 3.8) is 0 Å². The molecule has 0 atom stereocenters. The summed E-state index contributed by atoms with van der Waals surface area (Å²) < 4.78 is 1.78. The quantitative estimate of drug-likeness (QED) is 0.684. The molecule has 0 saturated heterocycles. The molecule has 100 valence electrons. The highest BCUT2D eigenvalue weighted by atomic mass is 32.2. The Morgan fingerprint density at radius 2 is 2.05 bits per heavy atom. The molecule has 19 heavy (non-hydrogen) atoms. The summed E-state index contributed by atoms with van der Waals surface area (Å²) in [5.41, 5.74) is 7.73. The molecule has 1 heterocycles. The van der Waals surface area contributed by atoms with Gasteiger partial charge in [0.2, 0.25) is 0 Å². The molecular formula is C12H14N4O2S. The van der Waals surface area contributed by atoms with E-state index >= 15 is 0 Å². The first-order valence-electron chi connectivity index (χ1n) is 5.67. The SMILES string of the molecule is Cc1nn(C)c(Sc2ccc([N+](=O)[O-])cc2)c1CN. The number of nitrogens with two attached hydrogens (primary N) is 1. The van der Waals surface area contributed by atoms with Crippen LogP contribution in [0.4, 0.5) is 5.69 Å². The Hall–Kier alpha value is -1.86. The van der Waals surface area contributed by atoms with Gasteiger partial charge in [-0.1, -0.05) is 11.8 Å². The maximum absolute atomic E-state index is 10.6. The zero-order chi connectivity index (χ0) is 14.0. The van der Waals surface area contributed by atoms with Crippen molar-refractivity contribution in [2.45, 2.75) is 23.4 Å². The topological polar surface area (TPSA) is 87.0 Å². The van der Waals surface area contributed by atoms with E-state index in [1.807, 2.05) is 14.0 Å². The van der Waals surface area contributed by atoms with Gasteiger partial charge in [0.25, 0.3) is 5.69 Å². The van der Waals surface area contributed by atoms with Crippen molar-refractivity contribution in [1.29, 1.82) is 0 Å². The van der Waals surface area contributed by atoms with Crippen LogP contribution < -0.4 is 5.73 Å². The van der Waals surface area contributed by atoms with Crippen LogP contribution in [0.25, 0.3) is 0 Å². The van der Waals surface area contributed by atoms with Crippen LogP contribution in [0.2, 0.25) is 0 Å². The summed E-state index contributed by atoms with van der Waals surface area (Å²) in [5.74, 6) is 0. The average Bonchev–Trinajstić information content (AvgIpc) is 2.64. The van der Waals surface area contributed by atoms with Crippen LogP contribution in [0.5, 0.6) is 0 Å². The predicted octanol–water partition coefficient (Wildman–Crippen LogP) is 2.25. The van der Waals surface area contributed by atoms with E-state index in [1.54, 1.807) is 16.8 Å². The fourth-order valence-electron chi connectivity index (χ4n) is 1.79. The second kappa shape index (κ2) is 5.41. The summed E-state index contributed by atoms with van der Waals surface area (Å²) in [6.07, 6.45) is 0. The molecule has 0 fully saturated rings. The van der Waals surface area contributed by atoms with Crippen molar-refractivity contribution in [3.8, 4) is 0 Å². The third kappa shape index (κ3) is 2.77. The number of rotatable bonds is 4. The number of benzene rings is 1. The Labute approximate surface area is 114 Å². The smallest absolute Gasteiger partial charge is 0.269 e. The normalized spacial score (nSPS) is 10.7. The molecule has 2 aromatic rings. The van der Waals surface area contributed by atoms with Gasteiger partial charge in [-0.3, -0.25) is 14.8 Å². The Bertz CT molecular complexity index is 607. The number of nitro benzene ring substituents is 1. The van der Waals surface area contributed by atoms with E-state index in [2.05, 4.69) is 5.10 Å². The Morgan fingerprint density at radius 1 is 1.42 bits per heavy atom. The summed E-state index contributed by atoms with van der Waals surface area (Å²) in [7, 11) is 1.86. The molecule has 7 heteroatoms. The number of hydrogen-bond donors (Lipinski definition) is 1. The summed E-state index contributed by atoms with van der Waals surface area (Å²) in [4.78, 5) is 11.1. The molecule has 0 amide bonds. The second-order valence-corrected chi connectivity index (χ2v) is 5.11. The Kier molecular flexibility index (Phi) is 3.87. The third-order valence-electron chi connectivity index (χ3n) is 2.75. The second-order valence-electron chi connectivity index (χ2n) is 4.05. The summed E-state index contributed by atoms with van der Waals surface area (Å²) in [6.45, 7) is 2.34. The van der Waals surface area contributed by atoms with Crippen LogP contribution in [0, 0.1) is 17.0 Å². The van der Waals surface area contributed by atoms with Crippen molar-refractivity contribution >= 4 is 17.4 Å². The van der Waals surface area contributed by atoms with E-state index in [1.165, 1.54) is 23.9 Å². The number of nitrogens with zero attached hydrogens (tertiary/aromatic N) is 3. The zero-order valence-electron chi connectivity index (χ0n) is 10.7. The minimum atomic E-state index is -0.409. The lowest BCUT2D eigenvalue weighted by Gasteiger charge is -2.04. The first-order chi connectivity index (χ1) is 9.02. The molecule has 0 saturated carbocycles. The number of aromatic nitrogens is 2. The number of nitro groups is 1. The molecule has 0 aliphatic rings. The molecular weight excluding hydrogens is 264 g/mol. The molecule has 6 nitrogen and oxygen atoms in total. The number of non-ortho nitro benzene ring substituents is 1. The molecule has 0 radical (unpaired) electrons. The van der Waals surface area contributed by atoms with Crippen LogP contribution in [0.1, 0.15) is 11.3 Å². The van der Waals surface area contributed by atoms with Gasteiger partial charge in [-0.15, -0.1) is 0 Å². The Morgan fingerprint density at radius 3 is 2.58 bits per heavy atom. The average molecular weight is 278 g/mol. The van der Waals surface area contributed by atoms with Gasteiger partial charge in [-0.2, -0.15) is 5.10 Å². The molecule has 0 aliphatic carbocycles. The van der Waals surface area contributed by atoms with Gasteiger partial charge in [0.15, 0.2) is 0 Å². The van der Waals surface area contributed by atoms with Crippen LogP contribution in [-0.2, 0) is 13.6 Å². The minimum absolute atomic E-state index is 0.0876. The lowest BCUT2D eigenvalue weighted by Crippen LogP contribution is -1.99. The maximum Gasteiger partial charge on any atom is 0.269 e. The highest BCUT2D eigenvalue weighted by molar-refractivity contribution is 7.99. The van der Waals surface area contributed by atoms with E-state index in [4.69, 9.17) is 5.73 Å². The molecule has 2 N–H and O–H groups in total. The molecule has 0 unspecified atom stereocenters. The lowest BCUT2D eigenvalue weighted by atomic mass is 10.3. The monoisotopic (exact) mass is 278 g/mol. The van der Waals surface area contributed by atoms with Crippen molar-refractivity contribution in [3.05, 3.63) is 45.6 Å². The molecule has 0 bridgehead atoms. The summed E-state index contributed by atoms with van der Waals surface area (Å²) >= 11 is 1.50. The van der Waals surface area contributed by atoms with E-state index in [-0.39, 0.29) is 5.69 Å². The van der Waals surface area contributed by atoms with Crippen LogP contribution in [0.3, 0.4) is 0 Å². The van der Waals surface area contributed by atoms with Gasteiger partial charge in [0.1, 0.15) is 5.03 Å². The van der Waals surface area contributed by atoms with Crippen molar-refractivity contribution in [2.75, 3.05) is 0 Å². The van der Waals surface area contributed by atoms with Crippen LogP contribution in [-0.4, -0.2) is 14.7 Å². The molecule has 0 aliphatic heterocycles. The number of hydrogen-bond acceptors (Lipinski definition) is 5. The standard InChI is InChI=1S/C12H14N4O2S/c1-8-11(7-13)12(15(2)14-8)19-10-5-3-9(4-6-10)16(17)18/h3-6H,7,13H2,1-2H3. The largest absolute Gasteiger partial charge is 0.326 e. The first kappa shape index (κ1) is 13.6. The Balaban J connectivity index is 2.28. The maximum atomic E-state index is 10.6. The van der Waals surface area contributed by atoms with Gasteiger partial charge < -0.3 is 5.73 Å². The highest BCUT2D eigenvalue weighted by Crippen LogP contribution is 2.32. The summed E-state index contributed by atoms with van der Waals surface area (Å²) in [5, 5.41) is 15.9. The first-order valence-corrected chi connectivity index (χ1v) is 6.49. The van der Waals surface area contributed by atoms with E-state index in [0.717, 1.165) is 21.2 Å². The predicted molar refractivity (Wildman–Crippen MR) is 73.1 cm³/mol. The molecule has 0 spiro atoms. The van der Waals surface area contributed by atoms with Crippen LogP contribution in [0.15, 0.2) is 34.2 Å². The minimum Gasteiger partial charge on any atom is -0.326 e. The van der Waals surface area contributed by atoms with E-state index < -0.39 is 4.92 Å². The fraction of sp³-hybridized carbons (Fsp3) is 0.250. The van der Waals surface area contributed by atoms with Crippen molar-refractivity contribution in [2.24, 2.45) is 12.8 Å². The van der Waals surface area contributed by atoms with E-state index in [0.29, 0.717) is 6.54 Å². The highest BCUT2D eigenvalue weighted by Gasteiger charge is 2.13. The van der Waals surface area contributed by atoms with Crippen molar-refractivity contribution < 1.29 is 4.92 Å². The zero-order valence-corrected chi connectivity index (χ0v) is 11.5. The van der Waals surface area contributed by atoms with Gasteiger partial charge in [0, 0.05) is 36.2 Å². The van der Waals surface area contributed by atoms with Gasteiger partial charge in [-0.05, 0) is 19.1 Å². The van der Waals surface area contributed by atoms with Crippen molar-refractivity contribution in [1.82, 2.24) is 9.78 Å². The van der Waals surface area contributed by atoms with Gasteiger partial charge >= 0.3 is 0 Å². The third-order valence-corrected chi connectivity index (χ3v) is 3.97. The molecule has 1 aromatic heterocycles. The molecule has 2 rings (SSSR count). The number of aryl methyl sites for hydroxylation is 2. The van der Waals surface area contributed by atoms with Gasteiger partial charge in [-0.25, -0.2) is 0 Å². The fourth-order valence-corrected chi connectivity index (χ4v) is 2.81.